The number of amides is 1. The van der Waals surface area contributed by atoms with E-state index < -0.39 is 0 Å². The topological polar surface area (TPSA) is 66.6 Å². The minimum absolute atomic E-state index is 0.00658. The second-order valence-electron chi connectivity index (χ2n) is 6.08. The maximum absolute atomic E-state index is 13.0. The van der Waals surface area contributed by atoms with Crippen LogP contribution in [0.15, 0.2) is 34.9 Å². The Kier molecular flexibility index (Phi) is 5.25. The van der Waals surface area contributed by atoms with E-state index in [1.54, 1.807) is 12.1 Å². The first-order chi connectivity index (χ1) is 11.7. The Hall–Kier alpha value is -2.21. The number of halogens is 1. The molecule has 1 amide bonds. The van der Waals surface area contributed by atoms with Crippen LogP contribution in [-0.4, -0.2) is 40.1 Å². The van der Waals surface area contributed by atoms with Crippen molar-refractivity contribution in [2.75, 3.05) is 13.2 Å². The van der Waals surface area contributed by atoms with E-state index in [1.165, 1.54) is 18.4 Å². The largest absolute Gasteiger partial charge is 0.444 e. The summed E-state index contributed by atoms with van der Waals surface area (Å²) in [6.45, 7) is 0.819. The van der Waals surface area contributed by atoms with Gasteiger partial charge in [-0.3, -0.25) is 4.79 Å². The van der Waals surface area contributed by atoms with E-state index >= 15 is 0 Å². The van der Waals surface area contributed by atoms with Gasteiger partial charge in [0.2, 0.25) is 11.8 Å². The molecule has 1 aromatic carbocycles. The Balaban J connectivity index is 1.67. The molecule has 1 saturated heterocycles. The Morgan fingerprint density at radius 1 is 1.33 bits per heavy atom. The first-order valence-electron chi connectivity index (χ1n) is 8.28. The molecule has 3 rings (SSSR count). The number of hydrogen-bond acceptors (Lipinski definition) is 4. The summed E-state index contributed by atoms with van der Waals surface area (Å²) < 4.78 is 18.4. The molecule has 0 radical (unpaired) electrons. The predicted octanol–water partition coefficient (Wildman–Crippen LogP) is 2.79. The van der Waals surface area contributed by atoms with Crippen LogP contribution in [0, 0.1) is 5.82 Å². The third-order valence-corrected chi connectivity index (χ3v) is 4.39. The van der Waals surface area contributed by atoms with E-state index in [9.17, 15) is 9.18 Å². The van der Waals surface area contributed by atoms with Gasteiger partial charge in [-0.05, 0) is 49.9 Å². The monoisotopic (exact) mass is 332 g/mol. The summed E-state index contributed by atoms with van der Waals surface area (Å²) in [7, 11) is 0. The van der Waals surface area contributed by atoms with Crippen LogP contribution in [0.1, 0.15) is 31.4 Å². The lowest BCUT2D eigenvalue weighted by Gasteiger charge is -2.35. The van der Waals surface area contributed by atoms with Crippen LogP contribution in [0.25, 0.3) is 11.5 Å². The van der Waals surface area contributed by atoms with Gasteiger partial charge < -0.3 is 14.4 Å². The molecule has 1 N–H and O–H groups in total. The van der Waals surface area contributed by atoms with Crippen LogP contribution < -0.4 is 0 Å². The highest BCUT2D eigenvalue weighted by Gasteiger charge is 2.26. The molecule has 0 spiro atoms. The summed E-state index contributed by atoms with van der Waals surface area (Å²) in [6, 6.07) is 5.98. The Labute approximate surface area is 140 Å². The van der Waals surface area contributed by atoms with Crippen molar-refractivity contribution in [3.05, 3.63) is 42.0 Å². The normalized spacial score (nSPS) is 17.9. The van der Waals surface area contributed by atoms with Crippen molar-refractivity contribution in [3.63, 3.8) is 0 Å². The first kappa shape index (κ1) is 16.6. The highest BCUT2D eigenvalue weighted by molar-refractivity contribution is 5.78. The number of carbonyl (C=O) groups is 1. The van der Waals surface area contributed by atoms with E-state index in [-0.39, 0.29) is 30.8 Å². The fourth-order valence-electron chi connectivity index (χ4n) is 3.15. The number of benzene rings is 1. The zero-order valence-electron chi connectivity index (χ0n) is 13.4. The van der Waals surface area contributed by atoms with Crippen LogP contribution >= 0.6 is 0 Å². The third-order valence-electron chi connectivity index (χ3n) is 4.39. The summed E-state index contributed by atoms with van der Waals surface area (Å²) in [4.78, 5) is 18.7. The van der Waals surface area contributed by atoms with Gasteiger partial charge in [0.25, 0.3) is 0 Å². The molecule has 1 aliphatic heterocycles. The van der Waals surface area contributed by atoms with Gasteiger partial charge in [0.05, 0.1) is 12.1 Å². The van der Waals surface area contributed by atoms with Crippen molar-refractivity contribution in [1.82, 2.24) is 9.88 Å². The van der Waals surface area contributed by atoms with Crippen molar-refractivity contribution in [2.45, 2.75) is 38.1 Å². The lowest BCUT2D eigenvalue weighted by Crippen LogP contribution is -2.44. The van der Waals surface area contributed by atoms with E-state index in [1.807, 2.05) is 4.90 Å². The van der Waals surface area contributed by atoms with E-state index in [2.05, 4.69) is 4.98 Å². The van der Waals surface area contributed by atoms with Gasteiger partial charge in [0.1, 0.15) is 12.1 Å². The van der Waals surface area contributed by atoms with Gasteiger partial charge in [-0.1, -0.05) is 0 Å². The maximum atomic E-state index is 13.0. The minimum Gasteiger partial charge on any atom is -0.444 e. The number of oxazole rings is 1. The number of hydrogen-bond donors (Lipinski definition) is 1. The minimum atomic E-state index is -0.319. The quantitative estimate of drug-likeness (QED) is 0.914. The van der Waals surface area contributed by atoms with Crippen molar-refractivity contribution in [3.8, 4) is 11.5 Å². The lowest BCUT2D eigenvalue weighted by molar-refractivity contribution is -0.134. The fourth-order valence-corrected chi connectivity index (χ4v) is 3.15. The Bertz CT molecular complexity index is 682. The summed E-state index contributed by atoms with van der Waals surface area (Å²) in [5.41, 5.74) is 1.24. The van der Waals surface area contributed by atoms with Crippen molar-refractivity contribution in [1.29, 1.82) is 0 Å². The van der Waals surface area contributed by atoms with E-state index in [0.717, 1.165) is 25.8 Å². The molecule has 1 aromatic heterocycles. The standard InChI is InChI=1S/C18H21FN2O3/c19-14-6-4-13(5-7-14)18-20-15(12-24-18)11-17(23)21-9-2-1-3-16(21)8-10-22/h4-7,12,16,22H,1-3,8-11H2/t16-/m0/s1. The van der Waals surface area contributed by atoms with Gasteiger partial charge in [-0.15, -0.1) is 0 Å². The molecule has 1 atom stereocenters. The average Bonchev–Trinajstić information content (AvgIpc) is 3.05. The molecule has 0 aliphatic carbocycles. The van der Waals surface area contributed by atoms with Crippen molar-refractivity contribution >= 4 is 5.91 Å². The Morgan fingerprint density at radius 3 is 2.88 bits per heavy atom. The van der Waals surface area contributed by atoms with Crippen molar-refractivity contribution < 1.29 is 18.7 Å². The summed E-state index contributed by atoms with van der Waals surface area (Å²) in [5, 5.41) is 9.16. The molecule has 2 aromatic rings. The zero-order chi connectivity index (χ0) is 16.9. The number of carbonyl (C=O) groups excluding carboxylic acids is 1. The zero-order valence-corrected chi connectivity index (χ0v) is 13.4. The maximum Gasteiger partial charge on any atom is 0.228 e. The summed E-state index contributed by atoms with van der Waals surface area (Å²) in [6.07, 6.45) is 5.28. The number of aliphatic hydroxyl groups excluding tert-OH is 1. The highest BCUT2D eigenvalue weighted by atomic mass is 19.1. The first-order valence-corrected chi connectivity index (χ1v) is 8.28. The molecule has 2 heterocycles. The molecule has 0 bridgehead atoms. The van der Waals surface area contributed by atoms with Crippen molar-refractivity contribution in [2.24, 2.45) is 0 Å². The number of likely N-dealkylation sites (tertiary alicyclic amines) is 1. The smallest absolute Gasteiger partial charge is 0.228 e. The molecule has 1 fully saturated rings. The molecule has 0 saturated carbocycles. The number of piperidine rings is 1. The summed E-state index contributed by atoms with van der Waals surface area (Å²) >= 11 is 0. The van der Waals surface area contributed by atoms with Crippen LogP contribution in [-0.2, 0) is 11.2 Å². The molecule has 0 unspecified atom stereocenters. The molecular formula is C18H21FN2O3. The van der Waals surface area contributed by atoms with Crippen LogP contribution in [0.5, 0.6) is 0 Å². The number of aliphatic hydroxyl groups is 1. The predicted molar refractivity (Wildman–Crippen MR) is 86.7 cm³/mol. The number of nitrogens with zero attached hydrogens (tertiary/aromatic N) is 2. The van der Waals surface area contributed by atoms with Crippen LogP contribution in [0.3, 0.4) is 0 Å². The number of rotatable bonds is 5. The fraction of sp³-hybridized carbons (Fsp3) is 0.444. The van der Waals surface area contributed by atoms with Gasteiger partial charge >= 0.3 is 0 Å². The SMILES string of the molecule is O=C(Cc1coc(-c2ccc(F)cc2)n1)N1CCCC[C@H]1CCO. The van der Waals surface area contributed by atoms with Gasteiger partial charge in [0.15, 0.2) is 0 Å². The lowest BCUT2D eigenvalue weighted by atomic mass is 9.99. The molecule has 1 aliphatic rings. The number of aromatic nitrogens is 1. The highest BCUT2D eigenvalue weighted by Crippen LogP contribution is 2.22. The van der Waals surface area contributed by atoms with Crippen LogP contribution in [0.4, 0.5) is 4.39 Å². The summed E-state index contributed by atoms with van der Waals surface area (Å²) in [5.74, 6) is 0.0659. The van der Waals surface area contributed by atoms with E-state index in [0.29, 0.717) is 23.6 Å². The molecular weight excluding hydrogens is 311 g/mol. The van der Waals surface area contributed by atoms with Crippen LogP contribution in [0.2, 0.25) is 0 Å². The Morgan fingerprint density at radius 2 is 2.12 bits per heavy atom. The second kappa shape index (κ2) is 7.57. The molecule has 5 nitrogen and oxygen atoms in total. The van der Waals surface area contributed by atoms with Gasteiger partial charge in [-0.2, -0.15) is 0 Å². The van der Waals surface area contributed by atoms with Gasteiger partial charge in [0, 0.05) is 24.8 Å². The van der Waals surface area contributed by atoms with E-state index in [4.69, 9.17) is 9.52 Å². The molecule has 24 heavy (non-hydrogen) atoms. The third kappa shape index (κ3) is 3.82. The second-order valence-corrected chi connectivity index (χ2v) is 6.08. The molecule has 128 valence electrons. The molecule has 6 heteroatoms. The average molecular weight is 332 g/mol. The van der Waals surface area contributed by atoms with Gasteiger partial charge in [-0.25, -0.2) is 9.37 Å².